The molecule has 5 rings (SSSR count). The second kappa shape index (κ2) is 13.7. The number of carbonyl (C=O) groups excluding carboxylic acids is 2. The molecule has 0 unspecified atom stereocenters. The number of aromatic nitrogens is 2. The number of piperazine rings is 1. The lowest BCUT2D eigenvalue weighted by molar-refractivity contribution is 0.0637. The third kappa shape index (κ3) is 7.37. The van der Waals surface area contributed by atoms with Crippen molar-refractivity contribution in [2.24, 2.45) is 7.05 Å². The van der Waals surface area contributed by atoms with Gasteiger partial charge in [0, 0.05) is 67.5 Å². The average molecular weight is 621 g/mol. The number of nitrogens with one attached hydrogen (secondary N) is 2. The van der Waals surface area contributed by atoms with E-state index in [9.17, 15) is 14.4 Å². The molecule has 3 aromatic carbocycles. The predicted octanol–water partition coefficient (Wildman–Crippen LogP) is 6.22. The van der Waals surface area contributed by atoms with Gasteiger partial charge in [0.05, 0.1) is 5.69 Å². The molecule has 2 heterocycles. The van der Waals surface area contributed by atoms with Gasteiger partial charge in [0.1, 0.15) is 0 Å². The van der Waals surface area contributed by atoms with Gasteiger partial charge in [-0.1, -0.05) is 52.0 Å². The minimum absolute atomic E-state index is 0.00283. The normalized spacial score (nSPS) is 13.8. The molecule has 9 nitrogen and oxygen atoms in total. The van der Waals surface area contributed by atoms with Gasteiger partial charge in [-0.25, -0.2) is 4.98 Å². The van der Waals surface area contributed by atoms with Gasteiger partial charge < -0.3 is 20.1 Å². The van der Waals surface area contributed by atoms with Crippen LogP contribution >= 0.6 is 0 Å². The molecule has 1 aliphatic heterocycles. The van der Waals surface area contributed by atoms with Crippen molar-refractivity contribution in [1.82, 2.24) is 19.4 Å². The summed E-state index contributed by atoms with van der Waals surface area (Å²) in [4.78, 5) is 48.2. The molecular weight excluding hydrogens is 576 g/mol. The minimum Gasteiger partial charge on any atom is -0.336 e. The zero-order chi connectivity index (χ0) is 33.0. The maximum absolute atomic E-state index is 13.1. The van der Waals surface area contributed by atoms with Crippen molar-refractivity contribution >= 4 is 29.0 Å². The van der Waals surface area contributed by atoms with Crippen molar-refractivity contribution in [2.75, 3.05) is 43.4 Å². The molecule has 0 atom stereocenters. The highest BCUT2D eigenvalue weighted by Gasteiger charge is 2.22. The third-order valence-corrected chi connectivity index (χ3v) is 8.54. The Morgan fingerprint density at radius 2 is 1.54 bits per heavy atom. The van der Waals surface area contributed by atoms with Crippen LogP contribution in [-0.4, -0.2) is 63.9 Å². The fraction of sp³-hybridized carbons (Fsp3) is 0.351. The van der Waals surface area contributed by atoms with E-state index in [4.69, 9.17) is 0 Å². The molecule has 4 aromatic rings. The molecule has 1 fully saturated rings. The van der Waals surface area contributed by atoms with Gasteiger partial charge in [-0.05, 0) is 78.9 Å². The van der Waals surface area contributed by atoms with E-state index in [1.807, 2.05) is 54.3 Å². The number of hydrogen-bond donors (Lipinski definition) is 2. The molecule has 0 aliphatic carbocycles. The Bertz CT molecular complexity index is 1760. The van der Waals surface area contributed by atoms with Crippen molar-refractivity contribution in [2.45, 2.75) is 46.5 Å². The van der Waals surface area contributed by atoms with Gasteiger partial charge in [0.25, 0.3) is 17.4 Å². The Morgan fingerprint density at radius 3 is 2.17 bits per heavy atom. The second-order valence-corrected chi connectivity index (χ2v) is 13.0. The highest BCUT2D eigenvalue weighted by atomic mass is 16.2. The maximum Gasteiger partial charge on any atom is 0.293 e. The molecule has 1 aromatic heterocycles. The van der Waals surface area contributed by atoms with E-state index in [0.717, 1.165) is 55.8 Å². The quantitative estimate of drug-likeness (QED) is 0.243. The fourth-order valence-electron chi connectivity index (χ4n) is 5.69. The predicted molar refractivity (Wildman–Crippen MR) is 185 cm³/mol. The largest absolute Gasteiger partial charge is 0.336 e. The van der Waals surface area contributed by atoms with E-state index < -0.39 is 0 Å². The summed E-state index contributed by atoms with van der Waals surface area (Å²) in [7, 11) is 1.68. The average Bonchev–Trinajstić information content (AvgIpc) is 3.04. The van der Waals surface area contributed by atoms with Gasteiger partial charge in [0.15, 0.2) is 5.82 Å². The third-order valence-electron chi connectivity index (χ3n) is 8.54. The number of carbonyl (C=O) groups is 2. The fourth-order valence-corrected chi connectivity index (χ4v) is 5.69. The first-order valence-corrected chi connectivity index (χ1v) is 15.9. The van der Waals surface area contributed by atoms with Gasteiger partial charge in [-0.2, -0.15) is 0 Å². The number of hydrogen-bond acceptors (Lipinski definition) is 6. The van der Waals surface area contributed by atoms with Crippen molar-refractivity contribution in [3.8, 4) is 11.3 Å². The van der Waals surface area contributed by atoms with Crippen LogP contribution in [0.25, 0.3) is 11.3 Å². The lowest BCUT2D eigenvalue weighted by Crippen LogP contribution is -2.48. The molecule has 1 aliphatic rings. The SMILES string of the molecule is CCCN1CCN(C(=O)c2ccc(Nc3nc(-c4cccc(NC(=O)c5ccc(C(C)(C)C)cc5)c4C)cn(C)c3=O)cc2)CC1. The summed E-state index contributed by atoms with van der Waals surface area (Å²) in [5, 5.41) is 6.18. The summed E-state index contributed by atoms with van der Waals surface area (Å²) >= 11 is 0. The van der Waals surface area contributed by atoms with E-state index in [1.165, 1.54) is 4.57 Å². The molecular formula is C37H44N6O3. The summed E-state index contributed by atoms with van der Waals surface area (Å²) in [6, 6.07) is 20.5. The summed E-state index contributed by atoms with van der Waals surface area (Å²) in [6.45, 7) is 14.8. The first kappa shape index (κ1) is 32.6. The molecule has 46 heavy (non-hydrogen) atoms. The van der Waals surface area contributed by atoms with Crippen molar-refractivity contribution in [3.05, 3.63) is 106 Å². The standard InChI is InChI=1S/C37H44N6O3/c1-7-19-42-20-22-43(23-21-42)35(45)27-13-17-29(18-14-27)38-33-36(46)41(6)24-32(39-33)30-9-8-10-31(25(30)2)40-34(44)26-11-15-28(16-12-26)37(3,4)5/h8-18,24H,7,19-23H2,1-6H3,(H,38,39)(H,40,44). The number of amides is 2. The summed E-state index contributed by atoms with van der Waals surface area (Å²) in [5.41, 5.74) is 5.60. The topological polar surface area (TPSA) is 99.6 Å². The first-order valence-electron chi connectivity index (χ1n) is 15.9. The van der Waals surface area contributed by atoms with E-state index in [-0.39, 0.29) is 28.6 Å². The summed E-state index contributed by atoms with van der Waals surface area (Å²) in [6.07, 6.45) is 2.80. The number of rotatable bonds is 8. The molecule has 0 radical (unpaired) electrons. The Kier molecular flexibility index (Phi) is 9.72. The van der Waals surface area contributed by atoms with Crippen LogP contribution in [0.4, 0.5) is 17.2 Å². The molecule has 1 saturated heterocycles. The molecule has 9 heteroatoms. The van der Waals surface area contributed by atoms with Crippen LogP contribution in [-0.2, 0) is 12.5 Å². The van der Waals surface area contributed by atoms with Gasteiger partial charge >= 0.3 is 0 Å². The zero-order valence-electron chi connectivity index (χ0n) is 27.7. The Hall–Kier alpha value is -4.76. The van der Waals surface area contributed by atoms with Crippen LogP contribution in [0, 0.1) is 6.92 Å². The van der Waals surface area contributed by atoms with Crippen LogP contribution < -0.4 is 16.2 Å². The molecule has 0 spiro atoms. The Morgan fingerprint density at radius 1 is 0.891 bits per heavy atom. The van der Waals surface area contributed by atoms with Crippen LogP contribution in [0.5, 0.6) is 0 Å². The minimum atomic E-state index is -0.283. The molecule has 0 bridgehead atoms. The molecule has 2 amide bonds. The van der Waals surface area contributed by atoms with Crippen molar-refractivity contribution in [1.29, 1.82) is 0 Å². The van der Waals surface area contributed by atoms with Gasteiger partial charge in [-0.3, -0.25) is 19.3 Å². The molecule has 240 valence electrons. The van der Waals surface area contributed by atoms with E-state index in [0.29, 0.717) is 28.2 Å². The Balaban J connectivity index is 1.31. The lowest BCUT2D eigenvalue weighted by Gasteiger charge is -2.34. The van der Waals surface area contributed by atoms with Crippen molar-refractivity contribution in [3.63, 3.8) is 0 Å². The molecule has 2 N–H and O–H groups in total. The van der Waals surface area contributed by atoms with Crippen molar-refractivity contribution < 1.29 is 9.59 Å². The summed E-state index contributed by atoms with van der Waals surface area (Å²) in [5.74, 6) is -0.0147. The molecule has 0 saturated carbocycles. The monoisotopic (exact) mass is 620 g/mol. The van der Waals surface area contributed by atoms with E-state index >= 15 is 0 Å². The van der Waals surface area contributed by atoms with Gasteiger partial charge in [0.2, 0.25) is 0 Å². The number of benzene rings is 3. The second-order valence-electron chi connectivity index (χ2n) is 13.0. The number of nitrogens with zero attached hydrogens (tertiary/aromatic N) is 4. The number of aryl methyl sites for hydroxylation is 1. The Labute approximate surface area is 271 Å². The first-order chi connectivity index (χ1) is 21.9. The highest BCUT2D eigenvalue weighted by Crippen LogP contribution is 2.29. The zero-order valence-corrected chi connectivity index (χ0v) is 27.7. The van der Waals surface area contributed by atoms with Crippen LogP contribution in [0.2, 0.25) is 0 Å². The van der Waals surface area contributed by atoms with E-state index in [1.54, 1.807) is 37.5 Å². The van der Waals surface area contributed by atoms with Crippen LogP contribution in [0.3, 0.4) is 0 Å². The maximum atomic E-state index is 13.1. The summed E-state index contributed by atoms with van der Waals surface area (Å²) < 4.78 is 1.49. The number of anilines is 3. The van der Waals surface area contributed by atoms with Crippen LogP contribution in [0.1, 0.15) is 66.0 Å². The lowest BCUT2D eigenvalue weighted by atomic mass is 9.86. The highest BCUT2D eigenvalue weighted by molar-refractivity contribution is 6.05. The smallest absolute Gasteiger partial charge is 0.293 e. The van der Waals surface area contributed by atoms with Crippen LogP contribution in [0.15, 0.2) is 77.7 Å². The van der Waals surface area contributed by atoms with E-state index in [2.05, 4.69) is 48.2 Å². The van der Waals surface area contributed by atoms with Gasteiger partial charge in [-0.15, -0.1) is 0 Å².